The zero-order valence-electron chi connectivity index (χ0n) is 16.3. The fraction of sp³-hybridized carbons (Fsp3) is 0.174. The average molecular weight is 385 g/mol. The van der Waals surface area contributed by atoms with Gasteiger partial charge >= 0.3 is 0 Å². The lowest BCUT2D eigenvalue weighted by molar-refractivity contribution is -0.115. The van der Waals surface area contributed by atoms with Crippen LogP contribution in [0, 0.1) is 0 Å². The topological polar surface area (TPSA) is 70.2 Å². The number of hydrogen-bond acceptors (Lipinski definition) is 5. The van der Waals surface area contributed by atoms with E-state index in [-0.39, 0.29) is 5.91 Å². The van der Waals surface area contributed by atoms with Crippen LogP contribution in [-0.2, 0) is 11.3 Å². The van der Waals surface area contributed by atoms with E-state index < -0.39 is 0 Å². The van der Waals surface area contributed by atoms with Crippen molar-refractivity contribution < 1.29 is 4.79 Å². The summed E-state index contributed by atoms with van der Waals surface area (Å²) in [5.74, 6) is 0.492. The number of benzene rings is 2. The van der Waals surface area contributed by atoms with Gasteiger partial charge in [0.2, 0.25) is 11.9 Å². The van der Waals surface area contributed by atoms with Crippen LogP contribution in [0.1, 0.15) is 12.0 Å². The minimum atomic E-state index is -0.0417. The predicted molar refractivity (Wildman–Crippen MR) is 116 cm³/mol. The first-order chi connectivity index (χ1) is 14.2. The molecule has 0 aliphatic carbocycles. The van der Waals surface area contributed by atoms with Gasteiger partial charge in [0, 0.05) is 42.6 Å². The number of likely N-dealkylation sites (N-methyl/N-ethyl adjacent to an activating group) is 1. The lowest BCUT2D eigenvalue weighted by atomic mass is 10.1. The molecule has 0 radical (unpaired) electrons. The van der Waals surface area contributed by atoms with Crippen LogP contribution in [0.25, 0.3) is 11.3 Å². The Morgan fingerprint density at radius 2 is 1.79 bits per heavy atom. The molecule has 6 heteroatoms. The molecule has 3 aromatic rings. The summed E-state index contributed by atoms with van der Waals surface area (Å²) in [6, 6.07) is 17.8. The average Bonchev–Trinajstić information content (AvgIpc) is 2.71. The molecule has 6 bridgehead atoms. The molecular formula is C23H23N5O. The highest BCUT2D eigenvalue weighted by Crippen LogP contribution is 2.23. The first-order valence-electron chi connectivity index (χ1n) is 9.58. The Morgan fingerprint density at radius 3 is 2.69 bits per heavy atom. The van der Waals surface area contributed by atoms with E-state index in [9.17, 15) is 4.79 Å². The van der Waals surface area contributed by atoms with Crippen LogP contribution >= 0.6 is 0 Å². The largest absolute Gasteiger partial charge is 0.326 e. The minimum absolute atomic E-state index is 0.0417. The van der Waals surface area contributed by atoms with Crippen LogP contribution in [0.5, 0.6) is 0 Å². The Labute approximate surface area is 170 Å². The van der Waals surface area contributed by atoms with Crippen molar-refractivity contribution >= 4 is 23.2 Å². The maximum absolute atomic E-state index is 12.2. The molecule has 2 N–H and O–H groups in total. The summed E-state index contributed by atoms with van der Waals surface area (Å²) in [7, 11) is 2.06. The zero-order chi connectivity index (χ0) is 20.1. The van der Waals surface area contributed by atoms with Gasteiger partial charge in [0.05, 0.1) is 5.69 Å². The molecule has 0 atom stereocenters. The first kappa shape index (κ1) is 18.8. The first-order valence-corrected chi connectivity index (χ1v) is 9.58. The summed E-state index contributed by atoms with van der Waals surface area (Å²) < 4.78 is 0. The maximum Gasteiger partial charge on any atom is 0.228 e. The fourth-order valence-electron chi connectivity index (χ4n) is 3.25. The second kappa shape index (κ2) is 8.67. The van der Waals surface area contributed by atoms with Crippen molar-refractivity contribution in [3.63, 3.8) is 0 Å². The van der Waals surface area contributed by atoms with Gasteiger partial charge in [-0.2, -0.15) is 0 Å². The number of rotatable bonds is 0. The molecule has 1 aromatic heterocycles. The monoisotopic (exact) mass is 385 g/mol. The summed E-state index contributed by atoms with van der Waals surface area (Å²) in [6.45, 7) is 1.57. The molecule has 0 spiro atoms. The van der Waals surface area contributed by atoms with E-state index in [0.717, 1.165) is 35.7 Å². The number of carbonyl (C=O) groups is 1. The summed E-state index contributed by atoms with van der Waals surface area (Å²) in [4.78, 5) is 23.4. The van der Waals surface area contributed by atoms with Crippen molar-refractivity contribution in [3.05, 3.63) is 78.5 Å². The summed E-state index contributed by atoms with van der Waals surface area (Å²) >= 11 is 0. The van der Waals surface area contributed by atoms with Gasteiger partial charge in [-0.05, 0) is 42.9 Å². The van der Waals surface area contributed by atoms with Gasteiger partial charge in [-0.15, -0.1) is 0 Å². The van der Waals surface area contributed by atoms with E-state index in [0.29, 0.717) is 12.4 Å². The Morgan fingerprint density at radius 1 is 0.966 bits per heavy atom. The Kier molecular flexibility index (Phi) is 5.63. The van der Waals surface area contributed by atoms with Gasteiger partial charge in [0.1, 0.15) is 0 Å². The lowest BCUT2D eigenvalue weighted by Gasteiger charge is -2.15. The van der Waals surface area contributed by atoms with Crippen LogP contribution in [0.3, 0.4) is 0 Å². The Balaban J connectivity index is 1.70. The molecule has 6 nitrogen and oxygen atoms in total. The number of fused-ring (bicyclic) bond motifs is 7. The van der Waals surface area contributed by atoms with Crippen molar-refractivity contribution in [1.82, 2.24) is 14.9 Å². The van der Waals surface area contributed by atoms with Gasteiger partial charge in [-0.25, -0.2) is 9.97 Å². The Hall–Kier alpha value is -3.51. The van der Waals surface area contributed by atoms with Crippen LogP contribution in [0.15, 0.2) is 72.9 Å². The quantitative estimate of drug-likeness (QED) is 0.567. The third kappa shape index (κ3) is 5.06. The minimum Gasteiger partial charge on any atom is -0.326 e. The number of carbonyl (C=O) groups excluding carboxylic acids is 1. The fourth-order valence-corrected chi connectivity index (χ4v) is 3.25. The zero-order valence-corrected chi connectivity index (χ0v) is 16.3. The van der Waals surface area contributed by atoms with Crippen molar-refractivity contribution in [2.24, 2.45) is 0 Å². The summed E-state index contributed by atoms with van der Waals surface area (Å²) in [5.41, 5.74) is 4.59. The second-order valence-electron chi connectivity index (χ2n) is 7.09. The van der Waals surface area contributed by atoms with E-state index in [1.807, 2.05) is 54.6 Å². The van der Waals surface area contributed by atoms with E-state index in [1.165, 1.54) is 5.56 Å². The number of nitrogens with one attached hydrogen (secondary N) is 2. The summed E-state index contributed by atoms with van der Waals surface area (Å²) in [6.07, 6.45) is 6.01. The number of nitrogens with zero attached hydrogens (tertiary/aromatic N) is 3. The molecule has 1 amide bonds. The molecule has 146 valence electrons. The van der Waals surface area contributed by atoms with E-state index >= 15 is 0 Å². The van der Waals surface area contributed by atoms with Crippen LogP contribution in [-0.4, -0.2) is 34.4 Å². The van der Waals surface area contributed by atoms with Crippen molar-refractivity contribution in [2.45, 2.75) is 13.0 Å². The standard InChI is InChI=1S/C23H23N5O/c1-28-13-3-2-10-22(29)25-20-9-5-7-18(15-20)21-11-12-24-23(27-21)26-19-8-4-6-17(14-19)16-28/h2-9,11-12,14-15H,10,13,16H2,1H3,(H,25,29)(H,24,26,27). The van der Waals surface area contributed by atoms with Crippen LogP contribution in [0.4, 0.5) is 17.3 Å². The predicted octanol–water partition coefficient (Wildman–Crippen LogP) is 4.22. The maximum atomic E-state index is 12.2. The molecule has 0 saturated carbocycles. The third-order valence-electron chi connectivity index (χ3n) is 4.62. The molecule has 2 heterocycles. The highest BCUT2D eigenvalue weighted by atomic mass is 16.1. The van der Waals surface area contributed by atoms with Gasteiger partial charge in [-0.1, -0.05) is 36.4 Å². The molecule has 1 aliphatic heterocycles. The molecule has 2 aromatic carbocycles. The third-order valence-corrected chi connectivity index (χ3v) is 4.62. The second-order valence-corrected chi connectivity index (χ2v) is 7.09. The SMILES string of the molecule is CN1CC=CCC(=O)Nc2cccc(c2)-c2ccnc(n2)Nc2cccc(c2)C1. The van der Waals surface area contributed by atoms with E-state index in [2.05, 4.69) is 44.7 Å². The number of aromatic nitrogens is 2. The number of amides is 1. The van der Waals surface area contributed by atoms with Crippen LogP contribution in [0.2, 0.25) is 0 Å². The highest BCUT2D eigenvalue weighted by Gasteiger charge is 2.07. The number of anilines is 3. The molecule has 0 saturated heterocycles. The molecular weight excluding hydrogens is 362 g/mol. The van der Waals surface area contributed by atoms with Gasteiger partial charge in [0.15, 0.2) is 0 Å². The lowest BCUT2D eigenvalue weighted by Crippen LogP contribution is -2.18. The van der Waals surface area contributed by atoms with E-state index in [1.54, 1.807) is 6.20 Å². The van der Waals surface area contributed by atoms with Crippen molar-refractivity contribution in [1.29, 1.82) is 0 Å². The normalized spacial score (nSPS) is 15.0. The van der Waals surface area contributed by atoms with Gasteiger partial charge < -0.3 is 10.6 Å². The van der Waals surface area contributed by atoms with Gasteiger partial charge in [-0.3, -0.25) is 9.69 Å². The molecule has 1 aliphatic rings. The molecule has 4 rings (SSSR count). The molecule has 29 heavy (non-hydrogen) atoms. The Bertz CT molecular complexity index is 1050. The van der Waals surface area contributed by atoms with Gasteiger partial charge in [0.25, 0.3) is 0 Å². The smallest absolute Gasteiger partial charge is 0.228 e. The van der Waals surface area contributed by atoms with Crippen molar-refractivity contribution in [2.75, 3.05) is 24.2 Å². The number of hydrogen-bond donors (Lipinski definition) is 2. The highest BCUT2D eigenvalue weighted by molar-refractivity contribution is 5.92. The summed E-state index contributed by atoms with van der Waals surface area (Å²) in [5, 5.41) is 6.24. The van der Waals surface area contributed by atoms with E-state index in [4.69, 9.17) is 0 Å². The van der Waals surface area contributed by atoms with Crippen LogP contribution < -0.4 is 10.6 Å². The molecule has 0 unspecified atom stereocenters. The van der Waals surface area contributed by atoms with Crippen molar-refractivity contribution in [3.8, 4) is 11.3 Å². The molecule has 0 fully saturated rings.